The summed E-state index contributed by atoms with van der Waals surface area (Å²) in [5.41, 5.74) is 7.45. The Morgan fingerprint density at radius 3 is 2.63 bits per heavy atom. The molecule has 0 aliphatic carbocycles. The lowest BCUT2D eigenvalue weighted by Crippen LogP contribution is -2.27. The smallest absolute Gasteiger partial charge is 0.271 e. The van der Waals surface area contributed by atoms with Crippen molar-refractivity contribution in [3.05, 3.63) is 64.2 Å². The molecule has 2 aromatic carbocycles. The molecule has 3 N–H and O–H groups in total. The molecule has 1 aliphatic rings. The Bertz CT molecular complexity index is 865. The fourth-order valence-electron chi connectivity index (χ4n) is 3.84. The van der Waals surface area contributed by atoms with Gasteiger partial charge in [0.15, 0.2) is 0 Å². The second-order valence-corrected chi connectivity index (χ2v) is 7.21. The molecule has 0 spiro atoms. The van der Waals surface area contributed by atoms with Crippen molar-refractivity contribution in [2.45, 2.75) is 12.3 Å². The normalized spacial score (nSPS) is 18.5. The summed E-state index contributed by atoms with van der Waals surface area (Å²) in [5.74, 6) is 0.896. The molecule has 1 heterocycles. The predicted molar refractivity (Wildman–Crippen MR) is 118 cm³/mol. The molecule has 0 saturated carbocycles. The highest BCUT2D eigenvalue weighted by Crippen LogP contribution is 2.32. The van der Waals surface area contributed by atoms with E-state index >= 15 is 0 Å². The molecular formula is C21H27ClN4O4. The number of halogens is 1. The van der Waals surface area contributed by atoms with Crippen LogP contribution >= 0.6 is 12.4 Å². The van der Waals surface area contributed by atoms with E-state index in [1.54, 1.807) is 0 Å². The zero-order valence-electron chi connectivity index (χ0n) is 16.8. The number of ether oxygens (including phenoxy) is 1. The van der Waals surface area contributed by atoms with Crippen molar-refractivity contribution in [3.63, 3.8) is 0 Å². The van der Waals surface area contributed by atoms with Crippen molar-refractivity contribution in [1.82, 2.24) is 4.90 Å². The van der Waals surface area contributed by atoms with Crippen LogP contribution in [0.5, 0.6) is 5.75 Å². The summed E-state index contributed by atoms with van der Waals surface area (Å²) in [6, 6.07) is 14.4. The number of non-ortho nitro benzene ring substituents is 1. The van der Waals surface area contributed by atoms with Gasteiger partial charge in [-0.25, -0.2) is 0 Å². The summed E-state index contributed by atoms with van der Waals surface area (Å²) in [6.45, 7) is 2.92. The van der Waals surface area contributed by atoms with Crippen molar-refractivity contribution in [2.75, 3.05) is 38.6 Å². The third-order valence-electron chi connectivity index (χ3n) is 5.37. The van der Waals surface area contributed by atoms with Crippen LogP contribution in [0.15, 0.2) is 48.5 Å². The molecule has 0 bridgehead atoms. The Kier molecular flexibility index (Phi) is 8.58. The molecule has 2 atom stereocenters. The van der Waals surface area contributed by atoms with Gasteiger partial charge in [-0.1, -0.05) is 30.3 Å². The van der Waals surface area contributed by atoms with Crippen LogP contribution in [-0.2, 0) is 4.79 Å². The number of likely N-dealkylation sites (tertiary alicyclic amines) is 1. The maximum Gasteiger partial charge on any atom is 0.271 e. The van der Waals surface area contributed by atoms with Gasteiger partial charge in [0.25, 0.3) is 5.69 Å². The molecule has 2 aromatic rings. The van der Waals surface area contributed by atoms with Crippen LogP contribution in [0.4, 0.5) is 11.4 Å². The topological polar surface area (TPSA) is 111 Å². The third kappa shape index (κ3) is 5.69. The molecule has 3 rings (SSSR count). The van der Waals surface area contributed by atoms with Crippen LogP contribution in [0.3, 0.4) is 0 Å². The lowest BCUT2D eigenvalue weighted by molar-refractivity contribution is -0.384. The number of methoxy groups -OCH3 is 1. The summed E-state index contributed by atoms with van der Waals surface area (Å²) < 4.78 is 5.19. The lowest BCUT2D eigenvalue weighted by Gasteiger charge is -2.17. The van der Waals surface area contributed by atoms with Crippen LogP contribution in [0.25, 0.3) is 0 Å². The van der Waals surface area contributed by atoms with Gasteiger partial charge in [-0.2, -0.15) is 0 Å². The highest BCUT2D eigenvalue weighted by atomic mass is 35.5. The number of hydrogen-bond donors (Lipinski definition) is 2. The monoisotopic (exact) mass is 434 g/mol. The number of nitrogens with one attached hydrogen (secondary N) is 1. The second kappa shape index (κ2) is 10.9. The molecule has 1 aliphatic heterocycles. The van der Waals surface area contributed by atoms with Crippen molar-refractivity contribution in [3.8, 4) is 5.75 Å². The fraction of sp³-hybridized carbons (Fsp3) is 0.381. The van der Waals surface area contributed by atoms with Crippen molar-refractivity contribution in [2.24, 2.45) is 11.7 Å². The molecule has 162 valence electrons. The van der Waals surface area contributed by atoms with Crippen LogP contribution in [-0.4, -0.2) is 49.0 Å². The van der Waals surface area contributed by atoms with E-state index in [9.17, 15) is 14.9 Å². The van der Waals surface area contributed by atoms with E-state index < -0.39 is 4.92 Å². The number of rotatable bonds is 8. The Balaban J connectivity index is 0.00000320. The highest BCUT2D eigenvalue weighted by Gasteiger charge is 2.32. The number of nitrogens with two attached hydrogens (primary N) is 1. The van der Waals surface area contributed by atoms with Gasteiger partial charge >= 0.3 is 0 Å². The van der Waals surface area contributed by atoms with E-state index in [0.717, 1.165) is 13.1 Å². The van der Waals surface area contributed by atoms with E-state index in [2.05, 4.69) is 22.3 Å². The molecule has 1 fully saturated rings. The van der Waals surface area contributed by atoms with Gasteiger partial charge in [-0.3, -0.25) is 14.9 Å². The molecule has 0 aromatic heterocycles. The lowest BCUT2D eigenvalue weighted by atomic mass is 9.89. The van der Waals surface area contributed by atoms with Gasteiger partial charge in [-0.15, -0.1) is 12.4 Å². The molecule has 0 radical (unpaired) electrons. The van der Waals surface area contributed by atoms with E-state index in [0.29, 0.717) is 36.4 Å². The minimum atomic E-state index is -0.504. The van der Waals surface area contributed by atoms with Gasteiger partial charge in [0.2, 0.25) is 5.91 Å². The minimum absolute atomic E-state index is 0. The largest absolute Gasteiger partial charge is 0.495 e. The van der Waals surface area contributed by atoms with Crippen molar-refractivity contribution < 1.29 is 14.5 Å². The standard InChI is InChI=1S/C21H26N4O4.ClH/c1-29-20-8-7-17(25(27)28)11-19(20)23-21(26)9-10-24-13-16(12-22)18(14-24)15-5-3-2-4-6-15;/h2-8,11,16,18H,9-10,12-14,22H2,1H3,(H,23,26);1H/t16-,18+;/m1./s1. The molecule has 0 unspecified atom stereocenters. The number of amides is 1. The van der Waals surface area contributed by atoms with E-state index in [1.165, 1.54) is 30.9 Å². The molecule has 9 heteroatoms. The number of nitro benzene ring substituents is 1. The number of carbonyl (C=O) groups excluding carboxylic acids is 1. The minimum Gasteiger partial charge on any atom is -0.495 e. The Morgan fingerprint density at radius 2 is 2.00 bits per heavy atom. The van der Waals surface area contributed by atoms with Crippen LogP contribution in [0.2, 0.25) is 0 Å². The maximum absolute atomic E-state index is 12.4. The number of nitro groups is 1. The maximum atomic E-state index is 12.4. The zero-order chi connectivity index (χ0) is 20.8. The summed E-state index contributed by atoms with van der Waals surface area (Å²) >= 11 is 0. The molecule has 30 heavy (non-hydrogen) atoms. The Hall–Kier alpha value is -2.68. The summed E-state index contributed by atoms with van der Waals surface area (Å²) in [4.78, 5) is 25.2. The van der Waals surface area contributed by atoms with Gasteiger partial charge in [-0.05, 0) is 24.1 Å². The van der Waals surface area contributed by atoms with Gasteiger partial charge in [0.1, 0.15) is 5.75 Å². The quantitative estimate of drug-likeness (QED) is 0.488. The second-order valence-electron chi connectivity index (χ2n) is 7.21. The van der Waals surface area contributed by atoms with Crippen LogP contribution in [0, 0.1) is 16.0 Å². The Morgan fingerprint density at radius 1 is 1.27 bits per heavy atom. The van der Waals surface area contributed by atoms with E-state index in [1.807, 2.05) is 18.2 Å². The van der Waals surface area contributed by atoms with Gasteiger partial charge in [0.05, 0.1) is 17.7 Å². The number of benzene rings is 2. The molecule has 1 saturated heterocycles. The van der Waals surface area contributed by atoms with Gasteiger partial charge in [0, 0.05) is 44.1 Å². The first-order valence-corrected chi connectivity index (χ1v) is 9.61. The first-order chi connectivity index (χ1) is 14.0. The fourth-order valence-corrected chi connectivity index (χ4v) is 3.84. The SMILES string of the molecule is COc1ccc([N+](=O)[O-])cc1NC(=O)CCN1C[C@@H](CN)[C@H](c2ccccc2)C1.Cl. The average molecular weight is 435 g/mol. The number of anilines is 1. The molecule has 1 amide bonds. The summed E-state index contributed by atoms with van der Waals surface area (Å²) in [6.07, 6.45) is 0.282. The van der Waals surface area contributed by atoms with E-state index in [4.69, 9.17) is 10.5 Å². The first kappa shape index (κ1) is 23.6. The third-order valence-corrected chi connectivity index (χ3v) is 5.37. The number of hydrogen-bond acceptors (Lipinski definition) is 6. The number of nitrogens with zero attached hydrogens (tertiary/aromatic N) is 2. The average Bonchev–Trinajstić information content (AvgIpc) is 3.16. The van der Waals surface area contributed by atoms with Crippen molar-refractivity contribution >= 4 is 29.7 Å². The van der Waals surface area contributed by atoms with Crippen LogP contribution < -0.4 is 15.8 Å². The highest BCUT2D eigenvalue weighted by molar-refractivity contribution is 5.92. The molecule has 8 nitrogen and oxygen atoms in total. The van der Waals surface area contributed by atoms with Crippen molar-refractivity contribution in [1.29, 1.82) is 0 Å². The predicted octanol–water partition coefficient (Wildman–Crippen LogP) is 3.03. The Labute approximate surface area is 181 Å². The van der Waals surface area contributed by atoms with Crippen LogP contribution in [0.1, 0.15) is 17.9 Å². The summed E-state index contributed by atoms with van der Waals surface area (Å²) in [7, 11) is 1.46. The molecular weight excluding hydrogens is 408 g/mol. The summed E-state index contributed by atoms with van der Waals surface area (Å²) in [5, 5.41) is 13.7. The first-order valence-electron chi connectivity index (χ1n) is 9.61. The zero-order valence-corrected chi connectivity index (χ0v) is 17.6. The van der Waals surface area contributed by atoms with E-state index in [-0.39, 0.29) is 30.4 Å². The van der Waals surface area contributed by atoms with Gasteiger partial charge < -0.3 is 20.7 Å². The number of carbonyl (C=O) groups is 1.